The molecule has 0 saturated heterocycles. The van der Waals surface area contributed by atoms with E-state index in [4.69, 9.17) is 4.43 Å². The second kappa shape index (κ2) is 4.94. The maximum Gasteiger partial charge on any atom is 0.191 e. The molecule has 0 radical (unpaired) electrons. The van der Waals surface area contributed by atoms with Crippen molar-refractivity contribution in [1.29, 1.82) is 0 Å². The second-order valence-electron chi connectivity index (χ2n) is 5.18. The molecule has 1 unspecified atom stereocenters. The first-order chi connectivity index (χ1) is 5.67. The SMILES string of the molecule is CC(Br)CCO[Si](C)(C)C(C)(C)C. The summed E-state index contributed by atoms with van der Waals surface area (Å²) >= 11 is 3.53. The number of halogens is 1. The van der Waals surface area contributed by atoms with E-state index in [0.717, 1.165) is 13.0 Å². The van der Waals surface area contributed by atoms with E-state index in [1.807, 2.05) is 0 Å². The van der Waals surface area contributed by atoms with Crippen LogP contribution in [0.15, 0.2) is 0 Å². The summed E-state index contributed by atoms with van der Waals surface area (Å²) in [6, 6.07) is 0. The first-order valence-corrected chi connectivity index (χ1v) is 8.77. The Labute approximate surface area is 92.5 Å². The molecule has 80 valence electrons. The highest BCUT2D eigenvalue weighted by molar-refractivity contribution is 9.09. The number of hydrogen-bond acceptors (Lipinski definition) is 1. The summed E-state index contributed by atoms with van der Waals surface area (Å²) in [6.45, 7) is 14.5. The molecule has 0 aliphatic rings. The molecule has 0 aromatic rings. The first-order valence-electron chi connectivity index (χ1n) is 4.95. The minimum Gasteiger partial charge on any atom is -0.417 e. The van der Waals surface area contributed by atoms with Crippen LogP contribution < -0.4 is 0 Å². The summed E-state index contributed by atoms with van der Waals surface area (Å²) in [5.41, 5.74) is 0. The van der Waals surface area contributed by atoms with E-state index < -0.39 is 8.32 Å². The molecule has 0 heterocycles. The molecule has 0 bridgehead atoms. The van der Waals surface area contributed by atoms with E-state index in [0.29, 0.717) is 9.87 Å². The van der Waals surface area contributed by atoms with Gasteiger partial charge in [0.05, 0.1) is 0 Å². The van der Waals surface area contributed by atoms with Gasteiger partial charge in [-0.3, -0.25) is 0 Å². The van der Waals surface area contributed by atoms with Gasteiger partial charge in [-0.05, 0) is 24.6 Å². The average molecular weight is 267 g/mol. The molecule has 1 nitrogen and oxygen atoms in total. The van der Waals surface area contributed by atoms with Gasteiger partial charge in [-0.2, -0.15) is 0 Å². The van der Waals surface area contributed by atoms with Crippen LogP contribution in [-0.2, 0) is 4.43 Å². The minimum absolute atomic E-state index is 0.336. The van der Waals surface area contributed by atoms with Gasteiger partial charge in [-0.15, -0.1) is 0 Å². The summed E-state index contributed by atoms with van der Waals surface area (Å²) < 4.78 is 6.01. The highest BCUT2D eigenvalue weighted by atomic mass is 79.9. The minimum atomic E-state index is -1.49. The van der Waals surface area contributed by atoms with Gasteiger partial charge in [0.25, 0.3) is 0 Å². The Hall–Kier alpha value is 0.657. The van der Waals surface area contributed by atoms with Crippen molar-refractivity contribution in [1.82, 2.24) is 0 Å². The van der Waals surface area contributed by atoms with Crippen LogP contribution in [0.2, 0.25) is 18.1 Å². The third kappa shape index (κ3) is 5.18. The third-order valence-corrected chi connectivity index (χ3v) is 7.78. The van der Waals surface area contributed by atoms with Gasteiger partial charge in [-0.1, -0.05) is 43.6 Å². The van der Waals surface area contributed by atoms with Crippen LogP contribution in [0, 0.1) is 0 Å². The predicted molar refractivity (Wildman–Crippen MR) is 66.2 cm³/mol. The largest absolute Gasteiger partial charge is 0.417 e. The van der Waals surface area contributed by atoms with Crippen molar-refractivity contribution < 1.29 is 4.43 Å². The van der Waals surface area contributed by atoms with Crippen LogP contribution in [-0.4, -0.2) is 19.8 Å². The Morgan fingerprint density at radius 2 is 1.77 bits per heavy atom. The molecule has 0 aromatic heterocycles. The molecule has 0 spiro atoms. The Balaban J connectivity index is 3.90. The molecule has 13 heavy (non-hydrogen) atoms. The van der Waals surface area contributed by atoms with Crippen LogP contribution in [0.4, 0.5) is 0 Å². The zero-order valence-electron chi connectivity index (χ0n) is 9.78. The normalized spacial score (nSPS) is 15.9. The molecule has 0 rings (SSSR count). The molecule has 0 amide bonds. The average Bonchev–Trinajstić information content (AvgIpc) is 1.82. The van der Waals surface area contributed by atoms with Gasteiger partial charge in [0.2, 0.25) is 0 Å². The maximum atomic E-state index is 6.01. The van der Waals surface area contributed by atoms with E-state index in [1.54, 1.807) is 0 Å². The summed E-state index contributed by atoms with van der Waals surface area (Å²) in [4.78, 5) is 0.567. The van der Waals surface area contributed by atoms with Gasteiger partial charge < -0.3 is 4.43 Å². The number of hydrogen-bond donors (Lipinski definition) is 0. The van der Waals surface area contributed by atoms with E-state index in [1.165, 1.54) is 0 Å². The van der Waals surface area contributed by atoms with E-state index >= 15 is 0 Å². The van der Waals surface area contributed by atoms with Crippen LogP contribution >= 0.6 is 15.9 Å². The Bertz CT molecular complexity index is 149. The van der Waals surface area contributed by atoms with Crippen molar-refractivity contribution in [3.63, 3.8) is 0 Å². The summed E-state index contributed by atoms with van der Waals surface area (Å²) in [7, 11) is -1.49. The monoisotopic (exact) mass is 266 g/mol. The number of rotatable bonds is 4. The summed E-state index contributed by atoms with van der Waals surface area (Å²) in [5.74, 6) is 0. The standard InChI is InChI=1S/C10H23BrOSi/c1-9(11)7-8-12-13(5,6)10(2,3)4/h9H,7-8H2,1-6H3. The molecule has 3 heteroatoms. The van der Waals surface area contributed by atoms with Crippen LogP contribution in [0.25, 0.3) is 0 Å². The summed E-state index contributed by atoms with van der Waals surface area (Å²) in [6.07, 6.45) is 1.10. The Kier molecular flexibility index (Phi) is 5.19. The van der Waals surface area contributed by atoms with Gasteiger partial charge in [-0.25, -0.2) is 0 Å². The molecule has 0 aromatic carbocycles. The molecular weight excluding hydrogens is 244 g/mol. The summed E-state index contributed by atoms with van der Waals surface area (Å²) in [5, 5.41) is 0.336. The van der Waals surface area contributed by atoms with Crippen LogP contribution in [0.1, 0.15) is 34.1 Å². The highest BCUT2D eigenvalue weighted by Crippen LogP contribution is 2.36. The fourth-order valence-corrected chi connectivity index (χ4v) is 1.94. The third-order valence-electron chi connectivity index (χ3n) is 2.78. The van der Waals surface area contributed by atoms with Crippen LogP contribution in [0.5, 0.6) is 0 Å². The van der Waals surface area contributed by atoms with Crippen LogP contribution in [0.3, 0.4) is 0 Å². The molecule has 0 aliphatic heterocycles. The molecule has 0 N–H and O–H groups in total. The van der Waals surface area contributed by atoms with Crippen molar-refractivity contribution in [2.75, 3.05) is 6.61 Å². The first kappa shape index (κ1) is 13.7. The molecular formula is C10H23BrOSi. The quantitative estimate of drug-likeness (QED) is 0.548. The molecule has 0 aliphatic carbocycles. The van der Waals surface area contributed by atoms with Crippen molar-refractivity contribution in [3.05, 3.63) is 0 Å². The van der Waals surface area contributed by atoms with Gasteiger partial charge in [0, 0.05) is 11.4 Å². The van der Waals surface area contributed by atoms with Gasteiger partial charge in [0.1, 0.15) is 0 Å². The van der Waals surface area contributed by atoms with Gasteiger partial charge in [0.15, 0.2) is 8.32 Å². The lowest BCUT2D eigenvalue weighted by Gasteiger charge is -2.36. The van der Waals surface area contributed by atoms with E-state index in [-0.39, 0.29) is 0 Å². The topological polar surface area (TPSA) is 9.23 Å². The zero-order chi connectivity index (χ0) is 10.7. The molecule has 1 atom stereocenters. The van der Waals surface area contributed by atoms with Crippen molar-refractivity contribution in [2.24, 2.45) is 0 Å². The maximum absolute atomic E-state index is 6.01. The highest BCUT2D eigenvalue weighted by Gasteiger charge is 2.36. The lowest BCUT2D eigenvalue weighted by Crippen LogP contribution is -2.41. The number of alkyl halides is 1. The van der Waals surface area contributed by atoms with E-state index in [2.05, 4.69) is 56.7 Å². The Morgan fingerprint density at radius 3 is 2.08 bits per heavy atom. The van der Waals surface area contributed by atoms with Gasteiger partial charge >= 0.3 is 0 Å². The fraction of sp³-hybridized carbons (Fsp3) is 1.00. The smallest absolute Gasteiger partial charge is 0.191 e. The lowest BCUT2D eigenvalue weighted by molar-refractivity contribution is 0.283. The van der Waals surface area contributed by atoms with Crippen molar-refractivity contribution in [2.45, 2.75) is 57.1 Å². The Morgan fingerprint density at radius 1 is 1.31 bits per heavy atom. The lowest BCUT2D eigenvalue weighted by atomic mass is 10.2. The molecule has 0 fully saturated rings. The predicted octanol–water partition coefficient (Wildman–Crippen LogP) is 4.18. The second-order valence-corrected chi connectivity index (χ2v) is 11.6. The zero-order valence-corrected chi connectivity index (χ0v) is 12.4. The van der Waals surface area contributed by atoms with Crippen molar-refractivity contribution >= 4 is 24.2 Å². The van der Waals surface area contributed by atoms with Crippen molar-refractivity contribution in [3.8, 4) is 0 Å². The molecule has 0 saturated carbocycles. The fourth-order valence-electron chi connectivity index (χ4n) is 0.693. The van der Waals surface area contributed by atoms with E-state index in [9.17, 15) is 0 Å².